The van der Waals surface area contributed by atoms with Crippen molar-refractivity contribution in [3.8, 4) is 11.3 Å². The van der Waals surface area contributed by atoms with Crippen LogP contribution in [0.5, 0.6) is 0 Å². The molecule has 0 radical (unpaired) electrons. The van der Waals surface area contributed by atoms with E-state index < -0.39 is 19.6 Å². The highest BCUT2D eigenvalue weighted by Gasteiger charge is 2.17. The van der Waals surface area contributed by atoms with Crippen LogP contribution in [0.3, 0.4) is 0 Å². The van der Waals surface area contributed by atoms with Crippen LogP contribution in [0, 0.1) is 13.8 Å². The van der Waals surface area contributed by atoms with Crippen LogP contribution in [-0.2, 0) is 7.05 Å². The van der Waals surface area contributed by atoms with Crippen molar-refractivity contribution in [1.29, 1.82) is 0 Å². The largest absolute Gasteiger partial charge is 0.438 e. The van der Waals surface area contributed by atoms with Crippen LogP contribution in [0.25, 0.3) is 33.3 Å². The number of benzene rings is 1. The molecular formula is C22H23N2O+. The number of furan rings is 1. The Labute approximate surface area is 157 Å². The van der Waals surface area contributed by atoms with Crippen LogP contribution in [0.2, 0.25) is 0 Å². The molecule has 0 bridgehead atoms. The quantitative estimate of drug-likeness (QED) is 0.469. The van der Waals surface area contributed by atoms with E-state index in [9.17, 15) is 0 Å². The fraction of sp³-hybridized carbons (Fsp3) is 0.273. The molecule has 0 aliphatic carbocycles. The van der Waals surface area contributed by atoms with E-state index in [2.05, 4.69) is 4.98 Å². The van der Waals surface area contributed by atoms with Gasteiger partial charge in [-0.25, -0.2) is 9.55 Å². The van der Waals surface area contributed by atoms with Crippen molar-refractivity contribution in [1.82, 2.24) is 4.98 Å². The Bertz CT molecular complexity index is 1350. The first kappa shape index (κ1) is 9.71. The topological polar surface area (TPSA) is 29.9 Å². The summed E-state index contributed by atoms with van der Waals surface area (Å²) in [5.41, 5.74) is 3.90. The van der Waals surface area contributed by atoms with E-state index in [1.165, 1.54) is 6.92 Å². The van der Waals surface area contributed by atoms with E-state index in [1.54, 1.807) is 42.1 Å². The Balaban J connectivity index is 1.86. The highest BCUT2D eigenvalue weighted by atomic mass is 16.3. The monoisotopic (exact) mass is 338 g/mol. The highest BCUT2D eigenvalue weighted by molar-refractivity contribution is 6.05. The molecule has 0 saturated heterocycles. The Hall–Kier alpha value is -2.68. The number of pyridine rings is 2. The normalized spacial score (nSPS) is 19.2. The molecule has 0 aliphatic rings. The zero-order valence-electron chi connectivity index (χ0n) is 21.3. The summed E-state index contributed by atoms with van der Waals surface area (Å²) in [6.45, 7) is -1.43. The Kier molecular flexibility index (Phi) is 2.21. The van der Waals surface area contributed by atoms with Gasteiger partial charge in [0.05, 0.1) is 5.56 Å². The minimum absolute atomic E-state index is 0.118. The summed E-state index contributed by atoms with van der Waals surface area (Å²) in [6.07, 6.45) is 1.60. The number of aromatic nitrogens is 2. The van der Waals surface area contributed by atoms with E-state index in [0.717, 1.165) is 27.6 Å². The van der Waals surface area contributed by atoms with Gasteiger partial charge < -0.3 is 4.42 Å². The van der Waals surface area contributed by atoms with Crippen LogP contribution in [0.1, 0.15) is 46.1 Å². The van der Waals surface area contributed by atoms with Crippen LogP contribution < -0.4 is 4.57 Å². The number of rotatable bonds is 2. The average molecular weight is 338 g/mol. The van der Waals surface area contributed by atoms with Crippen LogP contribution in [0.15, 0.2) is 47.0 Å². The van der Waals surface area contributed by atoms with Crippen molar-refractivity contribution in [2.45, 2.75) is 33.4 Å². The second-order valence-corrected chi connectivity index (χ2v) is 6.35. The van der Waals surface area contributed by atoms with Crippen molar-refractivity contribution < 1.29 is 18.6 Å². The molecule has 0 fully saturated rings. The minimum Gasteiger partial charge on any atom is -0.438 e. The fourth-order valence-electron chi connectivity index (χ4n) is 3.18. The van der Waals surface area contributed by atoms with Crippen LogP contribution in [-0.4, -0.2) is 4.98 Å². The third kappa shape index (κ3) is 2.60. The van der Waals surface area contributed by atoms with Crippen molar-refractivity contribution in [3.05, 3.63) is 59.4 Å². The molecule has 126 valence electrons. The highest BCUT2D eigenvalue weighted by Crippen LogP contribution is 2.33. The van der Waals surface area contributed by atoms with Crippen molar-refractivity contribution >= 4 is 22.1 Å². The lowest BCUT2D eigenvalue weighted by atomic mass is 10.0. The van der Waals surface area contributed by atoms with E-state index in [1.807, 2.05) is 19.1 Å². The van der Waals surface area contributed by atoms with Gasteiger partial charge in [0.15, 0.2) is 6.20 Å². The third-order valence-corrected chi connectivity index (χ3v) is 4.48. The predicted molar refractivity (Wildman–Crippen MR) is 102 cm³/mol. The fourth-order valence-corrected chi connectivity index (χ4v) is 3.18. The average Bonchev–Trinajstić information content (AvgIpc) is 3.02. The molecule has 0 spiro atoms. The second-order valence-electron chi connectivity index (χ2n) is 6.35. The number of hydrogen-bond donors (Lipinski definition) is 0. The first-order valence-corrected chi connectivity index (χ1v) is 8.05. The molecule has 3 heteroatoms. The summed E-state index contributed by atoms with van der Waals surface area (Å²) in [7, 11) is 1.80. The summed E-state index contributed by atoms with van der Waals surface area (Å²) < 4.78 is 61.8. The lowest BCUT2D eigenvalue weighted by Gasteiger charge is -2.05. The van der Waals surface area contributed by atoms with Crippen molar-refractivity contribution in [2.24, 2.45) is 7.05 Å². The van der Waals surface area contributed by atoms with Gasteiger partial charge in [0.25, 0.3) is 0 Å². The lowest BCUT2D eigenvalue weighted by molar-refractivity contribution is -0.660. The van der Waals surface area contributed by atoms with Gasteiger partial charge >= 0.3 is 0 Å². The smallest absolute Gasteiger partial charge is 0.227 e. The number of aryl methyl sites for hydroxylation is 3. The molecule has 0 amide bonds. The SMILES string of the molecule is [2H]C([2H])([2H])c1ccc(-c2cc3oc4nc(C([2H])(C)C([2H])([2H])[2H])ccc4c3cc2C)[n+](C)c1. The van der Waals surface area contributed by atoms with Gasteiger partial charge in [-0.1, -0.05) is 13.8 Å². The number of fused-ring (bicyclic) bond motifs is 3. The zero-order chi connectivity index (χ0) is 23.6. The van der Waals surface area contributed by atoms with Gasteiger partial charge in [-0.2, -0.15) is 0 Å². The van der Waals surface area contributed by atoms with Gasteiger partial charge in [0.2, 0.25) is 11.4 Å². The molecule has 1 atom stereocenters. The summed E-state index contributed by atoms with van der Waals surface area (Å²) >= 11 is 0. The maximum Gasteiger partial charge on any atom is 0.227 e. The molecular weight excluding hydrogens is 308 g/mol. The molecule has 0 aliphatic heterocycles. The Morgan fingerprint density at radius 3 is 2.84 bits per heavy atom. The first-order chi connectivity index (χ1) is 14.7. The summed E-state index contributed by atoms with van der Waals surface area (Å²) in [5, 5.41) is 1.57. The van der Waals surface area contributed by atoms with Gasteiger partial charge in [0.1, 0.15) is 12.6 Å². The summed E-state index contributed by atoms with van der Waals surface area (Å²) in [4.78, 5) is 4.36. The van der Waals surface area contributed by atoms with E-state index >= 15 is 0 Å². The molecule has 1 aromatic carbocycles. The van der Waals surface area contributed by atoms with Crippen molar-refractivity contribution in [3.63, 3.8) is 0 Å². The van der Waals surface area contributed by atoms with Gasteiger partial charge in [-0.15, -0.1) is 0 Å². The molecule has 3 aromatic heterocycles. The number of hydrogen-bond acceptors (Lipinski definition) is 2. The Morgan fingerprint density at radius 1 is 1.20 bits per heavy atom. The van der Waals surface area contributed by atoms with Gasteiger partial charge in [-0.05, 0) is 55.6 Å². The molecule has 1 unspecified atom stereocenters. The standard InChI is InChI=1S/C22H23N2O/c1-13(2)19-8-7-16-18-10-15(4)17(11-21(18)25-22(16)23-19)20-9-6-14(3)12-24(20)5/h6-13H,1-5H3/q+1/i1D3,3D3,13D. The summed E-state index contributed by atoms with van der Waals surface area (Å²) in [5.74, 6) is -1.86. The lowest BCUT2D eigenvalue weighted by Crippen LogP contribution is -2.31. The molecule has 0 saturated carbocycles. The second kappa shape index (κ2) is 5.69. The molecule has 3 nitrogen and oxygen atoms in total. The van der Waals surface area contributed by atoms with E-state index in [0.29, 0.717) is 5.58 Å². The van der Waals surface area contributed by atoms with Gasteiger partial charge in [0, 0.05) is 37.7 Å². The molecule has 4 aromatic rings. The van der Waals surface area contributed by atoms with E-state index in [4.69, 9.17) is 14.0 Å². The predicted octanol–water partition coefficient (Wildman–Crippen LogP) is 5.21. The number of nitrogens with zero attached hydrogens (tertiary/aromatic N) is 2. The minimum atomic E-state index is -2.53. The van der Waals surface area contributed by atoms with Crippen molar-refractivity contribution in [2.75, 3.05) is 0 Å². The molecule has 3 heterocycles. The Morgan fingerprint density at radius 2 is 2.08 bits per heavy atom. The van der Waals surface area contributed by atoms with Crippen LogP contribution >= 0.6 is 0 Å². The molecule has 0 N–H and O–H groups in total. The maximum atomic E-state index is 8.28. The maximum absolute atomic E-state index is 8.28. The third-order valence-electron chi connectivity index (χ3n) is 4.48. The van der Waals surface area contributed by atoms with Crippen LogP contribution in [0.4, 0.5) is 0 Å². The van der Waals surface area contributed by atoms with Gasteiger partial charge in [-0.3, -0.25) is 0 Å². The molecule has 4 rings (SSSR count). The van der Waals surface area contributed by atoms with E-state index in [-0.39, 0.29) is 17.0 Å². The summed E-state index contributed by atoms with van der Waals surface area (Å²) in [6, 6.07) is 10.5. The zero-order valence-corrected chi connectivity index (χ0v) is 14.3. The first-order valence-electron chi connectivity index (χ1n) is 11.5. The molecule has 25 heavy (non-hydrogen) atoms.